The van der Waals surface area contributed by atoms with Crippen molar-refractivity contribution in [3.63, 3.8) is 0 Å². The van der Waals surface area contributed by atoms with Gasteiger partial charge in [-0.15, -0.1) is 0 Å². The summed E-state index contributed by atoms with van der Waals surface area (Å²) in [6.07, 6.45) is 5.73. The molecule has 1 unspecified atom stereocenters. The summed E-state index contributed by atoms with van der Waals surface area (Å²) in [5, 5.41) is 38.5. The predicted molar refractivity (Wildman–Crippen MR) is 145 cm³/mol. The Morgan fingerprint density at radius 3 is 2.38 bits per heavy atom. The monoisotopic (exact) mass is 550 g/mol. The molecule has 4 rings (SSSR count). The van der Waals surface area contributed by atoms with Gasteiger partial charge in [0.2, 0.25) is 11.8 Å². The number of aliphatic hydroxyl groups is 3. The summed E-state index contributed by atoms with van der Waals surface area (Å²) in [5.74, 6) is 0.283. The highest BCUT2D eigenvalue weighted by atomic mass is 16.5. The van der Waals surface area contributed by atoms with Crippen molar-refractivity contribution in [1.82, 2.24) is 10.6 Å². The predicted octanol–water partition coefficient (Wildman–Crippen LogP) is 2.16. The van der Waals surface area contributed by atoms with Crippen LogP contribution in [0.3, 0.4) is 0 Å². The van der Waals surface area contributed by atoms with Gasteiger partial charge in [0.1, 0.15) is 6.54 Å². The molecule has 4 aliphatic rings. The first-order valence-corrected chi connectivity index (χ1v) is 15.1. The highest BCUT2D eigenvalue weighted by molar-refractivity contribution is 5.86. The number of fused-ring (bicyclic) bond motifs is 5. The Bertz CT molecular complexity index is 914. The average molecular weight is 551 g/mol. The van der Waals surface area contributed by atoms with E-state index in [1.54, 1.807) is 6.92 Å². The fourth-order valence-corrected chi connectivity index (χ4v) is 9.40. The van der Waals surface area contributed by atoms with Crippen LogP contribution in [-0.2, 0) is 19.1 Å². The first-order chi connectivity index (χ1) is 18.4. The zero-order chi connectivity index (χ0) is 28.5. The molecule has 0 aromatic heterocycles. The molecule has 0 radical (unpaired) electrons. The van der Waals surface area contributed by atoms with Crippen molar-refractivity contribution in [3.8, 4) is 0 Å². The number of ether oxygens (including phenoxy) is 1. The summed E-state index contributed by atoms with van der Waals surface area (Å²) < 4.78 is 4.77. The SMILES string of the molecule is CCOC(=O)CNC(=O)CNC(=O)CC[C@@H](C)[C@H]1CC[C@H]2[C@@H]3[C@H](O)CC4C[C@H](O)CC[C@]4(C)[C@H]3C[C@H](O)[C@]12C. The van der Waals surface area contributed by atoms with Gasteiger partial charge in [-0.1, -0.05) is 20.8 Å². The molecule has 4 aliphatic carbocycles. The Kier molecular flexibility index (Phi) is 9.33. The van der Waals surface area contributed by atoms with Crippen LogP contribution in [-0.4, -0.2) is 71.1 Å². The molecule has 0 aliphatic heterocycles. The fourth-order valence-electron chi connectivity index (χ4n) is 9.40. The number of hydrogen-bond acceptors (Lipinski definition) is 7. The number of hydrogen-bond donors (Lipinski definition) is 5. The molecule has 0 spiro atoms. The molecule has 4 fully saturated rings. The van der Waals surface area contributed by atoms with Crippen molar-refractivity contribution < 1.29 is 34.4 Å². The van der Waals surface area contributed by atoms with E-state index in [0.717, 1.165) is 38.5 Å². The van der Waals surface area contributed by atoms with E-state index >= 15 is 0 Å². The van der Waals surface area contributed by atoms with Crippen LogP contribution in [0.1, 0.15) is 85.5 Å². The number of carbonyl (C=O) groups is 3. The number of rotatable bonds is 9. The van der Waals surface area contributed by atoms with Crippen molar-refractivity contribution in [2.24, 2.45) is 46.3 Å². The largest absolute Gasteiger partial charge is 0.465 e. The van der Waals surface area contributed by atoms with E-state index in [9.17, 15) is 29.7 Å². The van der Waals surface area contributed by atoms with Crippen LogP contribution in [0, 0.1) is 46.3 Å². The van der Waals surface area contributed by atoms with Crippen molar-refractivity contribution in [2.45, 2.75) is 104 Å². The lowest BCUT2D eigenvalue weighted by atomic mass is 9.43. The zero-order valence-corrected chi connectivity index (χ0v) is 24.2. The minimum atomic E-state index is -0.516. The maximum atomic E-state index is 12.5. The number of nitrogens with one attached hydrogen (secondary N) is 2. The van der Waals surface area contributed by atoms with E-state index in [-0.39, 0.29) is 78.5 Å². The Morgan fingerprint density at radius 2 is 1.67 bits per heavy atom. The van der Waals surface area contributed by atoms with Gasteiger partial charge in [0, 0.05) is 6.42 Å². The maximum absolute atomic E-state index is 12.5. The second-order valence-corrected chi connectivity index (χ2v) is 13.4. The third-order valence-corrected chi connectivity index (χ3v) is 11.5. The van der Waals surface area contributed by atoms with Crippen LogP contribution in [0.5, 0.6) is 0 Å². The molecule has 222 valence electrons. The zero-order valence-electron chi connectivity index (χ0n) is 24.2. The molecule has 4 saturated carbocycles. The Balaban J connectivity index is 1.33. The van der Waals surface area contributed by atoms with E-state index < -0.39 is 24.1 Å². The quantitative estimate of drug-likeness (QED) is 0.277. The average Bonchev–Trinajstić information content (AvgIpc) is 3.25. The standard InChI is InChI=1S/C30H50N2O7/c1-5-39-27(38)16-32-26(37)15-31-25(36)9-6-17(2)20-7-8-21-28-22(14-24(35)30(20,21)4)29(3)11-10-19(33)12-18(29)13-23(28)34/h17-24,28,33-35H,5-16H2,1-4H3,(H,31,36)(H,32,37)/t17-,18?,19-,20-,21+,22+,23-,24+,28+,29+,30-/m1/s1. The first kappa shape index (κ1) is 30.3. The molecule has 9 heteroatoms. The maximum Gasteiger partial charge on any atom is 0.325 e. The smallest absolute Gasteiger partial charge is 0.325 e. The van der Waals surface area contributed by atoms with Gasteiger partial charge < -0.3 is 30.7 Å². The summed E-state index contributed by atoms with van der Waals surface area (Å²) in [6.45, 7) is 8.24. The van der Waals surface area contributed by atoms with E-state index in [1.165, 1.54) is 0 Å². The van der Waals surface area contributed by atoms with Crippen LogP contribution in [0.15, 0.2) is 0 Å². The lowest BCUT2D eigenvalue weighted by molar-refractivity contribution is -0.207. The van der Waals surface area contributed by atoms with Gasteiger partial charge >= 0.3 is 5.97 Å². The fraction of sp³-hybridized carbons (Fsp3) is 0.900. The van der Waals surface area contributed by atoms with Crippen molar-refractivity contribution in [3.05, 3.63) is 0 Å². The highest BCUT2D eigenvalue weighted by Crippen LogP contribution is 2.68. The third-order valence-electron chi connectivity index (χ3n) is 11.5. The molecule has 2 amide bonds. The minimum absolute atomic E-state index is 0.0514. The second kappa shape index (κ2) is 12.0. The first-order valence-electron chi connectivity index (χ1n) is 15.1. The lowest BCUT2D eigenvalue weighted by Crippen LogP contribution is -2.62. The van der Waals surface area contributed by atoms with E-state index in [0.29, 0.717) is 18.8 Å². The lowest BCUT2D eigenvalue weighted by Gasteiger charge is -2.63. The van der Waals surface area contributed by atoms with E-state index in [2.05, 4.69) is 31.4 Å². The molecule has 0 saturated heterocycles. The van der Waals surface area contributed by atoms with Crippen molar-refractivity contribution >= 4 is 17.8 Å². The van der Waals surface area contributed by atoms with Gasteiger partial charge in [-0.25, -0.2) is 0 Å². The normalized spacial score (nSPS) is 41.9. The highest BCUT2D eigenvalue weighted by Gasteiger charge is 2.65. The summed E-state index contributed by atoms with van der Waals surface area (Å²) in [6, 6.07) is 0. The molecule has 9 nitrogen and oxygen atoms in total. The molecule has 11 atom stereocenters. The molecule has 0 bridgehead atoms. The number of aliphatic hydroxyl groups excluding tert-OH is 3. The number of carbonyl (C=O) groups excluding carboxylic acids is 3. The Morgan fingerprint density at radius 1 is 0.949 bits per heavy atom. The summed E-state index contributed by atoms with van der Waals surface area (Å²) in [4.78, 5) is 35.7. The third kappa shape index (κ3) is 5.87. The molecule has 5 N–H and O–H groups in total. The van der Waals surface area contributed by atoms with Gasteiger partial charge in [-0.2, -0.15) is 0 Å². The number of esters is 1. The summed E-state index contributed by atoms with van der Waals surface area (Å²) >= 11 is 0. The summed E-state index contributed by atoms with van der Waals surface area (Å²) in [7, 11) is 0. The van der Waals surface area contributed by atoms with Gasteiger partial charge in [0.15, 0.2) is 0 Å². The second-order valence-electron chi connectivity index (χ2n) is 13.4. The molecule has 0 aromatic rings. The van der Waals surface area contributed by atoms with Gasteiger partial charge in [-0.05, 0) is 105 Å². The topological polar surface area (TPSA) is 145 Å². The molecule has 0 heterocycles. The molecule has 0 aromatic carbocycles. The summed E-state index contributed by atoms with van der Waals surface area (Å²) in [5.41, 5.74) is -0.252. The van der Waals surface area contributed by atoms with Crippen LogP contribution in [0.2, 0.25) is 0 Å². The van der Waals surface area contributed by atoms with Crippen LogP contribution >= 0.6 is 0 Å². The minimum Gasteiger partial charge on any atom is -0.465 e. The van der Waals surface area contributed by atoms with E-state index in [4.69, 9.17) is 4.74 Å². The van der Waals surface area contributed by atoms with Crippen LogP contribution < -0.4 is 10.6 Å². The molecular weight excluding hydrogens is 500 g/mol. The number of amides is 2. The van der Waals surface area contributed by atoms with Crippen LogP contribution in [0.25, 0.3) is 0 Å². The van der Waals surface area contributed by atoms with Crippen molar-refractivity contribution in [2.75, 3.05) is 19.7 Å². The van der Waals surface area contributed by atoms with Gasteiger partial charge in [0.05, 0.1) is 31.5 Å². The van der Waals surface area contributed by atoms with Crippen molar-refractivity contribution in [1.29, 1.82) is 0 Å². The Labute approximate surface area is 232 Å². The van der Waals surface area contributed by atoms with Gasteiger partial charge in [0.25, 0.3) is 0 Å². The Hall–Kier alpha value is -1.71. The molecular formula is C30H50N2O7. The van der Waals surface area contributed by atoms with Gasteiger partial charge in [-0.3, -0.25) is 14.4 Å². The molecule has 39 heavy (non-hydrogen) atoms. The van der Waals surface area contributed by atoms with Crippen LogP contribution in [0.4, 0.5) is 0 Å². The van der Waals surface area contributed by atoms with E-state index in [1.807, 2.05) is 0 Å².